The molecule has 0 bridgehead atoms. The summed E-state index contributed by atoms with van der Waals surface area (Å²) in [5.41, 5.74) is 5.77. The Bertz CT molecular complexity index is 1610. The Morgan fingerprint density at radius 1 is 0.811 bits per heavy atom. The van der Waals surface area contributed by atoms with E-state index in [0.717, 1.165) is 33.2 Å². The van der Waals surface area contributed by atoms with Crippen LogP contribution in [0, 0.1) is 0 Å². The Morgan fingerprint density at radius 2 is 1.65 bits per heavy atom. The first-order valence-electron chi connectivity index (χ1n) is 11.7. The molecule has 7 heteroatoms. The van der Waals surface area contributed by atoms with Crippen molar-refractivity contribution in [2.24, 2.45) is 0 Å². The molecule has 0 aliphatic rings. The van der Waals surface area contributed by atoms with Crippen LogP contribution >= 0.6 is 0 Å². The average Bonchev–Trinajstić information content (AvgIpc) is 2.93. The standard InChI is InChI=1S/C30H23N5O2/c1-2-6-28(36)34-23-8-5-7-22(17-23)25-15-14-24(26-18-31-19-33-29(25)26)20-10-12-21(13-11-20)30(37)35-27-9-3-4-16-32-27/h2-19H,1H3,(H,34,36)(H,32,35,37)/b6-2+. The molecule has 0 aliphatic carbocycles. The molecule has 2 amide bonds. The van der Waals surface area contributed by atoms with Crippen molar-refractivity contribution in [3.63, 3.8) is 0 Å². The van der Waals surface area contributed by atoms with Crippen molar-refractivity contribution in [1.82, 2.24) is 15.0 Å². The van der Waals surface area contributed by atoms with Crippen molar-refractivity contribution >= 4 is 34.2 Å². The van der Waals surface area contributed by atoms with Gasteiger partial charge in [-0.3, -0.25) is 9.59 Å². The van der Waals surface area contributed by atoms with Crippen LogP contribution in [0.15, 0.2) is 110 Å². The Balaban J connectivity index is 1.46. The smallest absolute Gasteiger partial charge is 0.256 e. The van der Waals surface area contributed by atoms with Gasteiger partial charge in [-0.1, -0.05) is 48.5 Å². The maximum Gasteiger partial charge on any atom is 0.256 e. The molecule has 0 radical (unpaired) electrons. The van der Waals surface area contributed by atoms with E-state index in [2.05, 4.69) is 25.6 Å². The van der Waals surface area contributed by atoms with E-state index < -0.39 is 0 Å². The monoisotopic (exact) mass is 485 g/mol. The Labute approximate surface area is 214 Å². The highest BCUT2D eigenvalue weighted by molar-refractivity contribution is 6.06. The van der Waals surface area contributed by atoms with Crippen LogP contribution in [0.5, 0.6) is 0 Å². The number of hydrogen-bond donors (Lipinski definition) is 2. The van der Waals surface area contributed by atoms with Gasteiger partial charge < -0.3 is 10.6 Å². The summed E-state index contributed by atoms with van der Waals surface area (Å²) in [7, 11) is 0. The van der Waals surface area contributed by atoms with Gasteiger partial charge in [0.1, 0.15) is 12.1 Å². The molecule has 0 saturated heterocycles. The van der Waals surface area contributed by atoms with E-state index in [1.54, 1.807) is 49.7 Å². The first-order valence-corrected chi connectivity index (χ1v) is 11.7. The summed E-state index contributed by atoms with van der Waals surface area (Å²) in [5, 5.41) is 6.55. The van der Waals surface area contributed by atoms with Crippen LogP contribution in [0.4, 0.5) is 11.5 Å². The lowest BCUT2D eigenvalue weighted by Gasteiger charge is -2.12. The Hall–Kier alpha value is -5.17. The van der Waals surface area contributed by atoms with Crippen LogP contribution in [0.2, 0.25) is 0 Å². The van der Waals surface area contributed by atoms with Crippen molar-refractivity contribution in [1.29, 1.82) is 0 Å². The van der Waals surface area contributed by atoms with Gasteiger partial charge in [-0.15, -0.1) is 0 Å². The summed E-state index contributed by atoms with van der Waals surface area (Å²) in [6.45, 7) is 1.80. The second kappa shape index (κ2) is 10.6. The fourth-order valence-electron chi connectivity index (χ4n) is 4.09. The minimum absolute atomic E-state index is 0.181. The summed E-state index contributed by atoms with van der Waals surface area (Å²) in [6.07, 6.45) is 8.13. The quantitative estimate of drug-likeness (QED) is 0.282. The van der Waals surface area contributed by atoms with E-state index in [4.69, 9.17) is 0 Å². The van der Waals surface area contributed by atoms with Crippen LogP contribution < -0.4 is 10.6 Å². The van der Waals surface area contributed by atoms with Crippen LogP contribution in [-0.2, 0) is 4.79 Å². The number of amides is 2. The highest BCUT2D eigenvalue weighted by atomic mass is 16.2. The van der Waals surface area contributed by atoms with Crippen molar-refractivity contribution in [2.75, 3.05) is 10.6 Å². The number of benzene rings is 3. The molecule has 5 aromatic rings. The lowest BCUT2D eigenvalue weighted by molar-refractivity contribution is -0.111. The van der Waals surface area contributed by atoms with E-state index in [9.17, 15) is 9.59 Å². The van der Waals surface area contributed by atoms with Crippen LogP contribution in [0.1, 0.15) is 17.3 Å². The van der Waals surface area contributed by atoms with Gasteiger partial charge in [-0.2, -0.15) is 0 Å². The van der Waals surface area contributed by atoms with Gasteiger partial charge in [0.25, 0.3) is 5.91 Å². The van der Waals surface area contributed by atoms with Gasteiger partial charge >= 0.3 is 0 Å². The summed E-state index contributed by atoms with van der Waals surface area (Å²) in [6, 6.07) is 24.4. The molecule has 180 valence electrons. The highest BCUT2D eigenvalue weighted by Crippen LogP contribution is 2.35. The summed E-state index contributed by atoms with van der Waals surface area (Å²) >= 11 is 0. The van der Waals surface area contributed by atoms with Crippen LogP contribution in [-0.4, -0.2) is 26.8 Å². The number of anilines is 2. The summed E-state index contributed by atoms with van der Waals surface area (Å²) < 4.78 is 0. The molecule has 37 heavy (non-hydrogen) atoms. The lowest BCUT2D eigenvalue weighted by Crippen LogP contribution is -2.12. The molecule has 7 nitrogen and oxygen atoms in total. The molecule has 0 saturated carbocycles. The van der Waals surface area contributed by atoms with Gasteiger partial charge in [0.15, 0.2) is 0 Å². The second-order valence-electron chi connectivity index (χ2n) is 8.26. The zero-order chi connectivity index (χ0) is 25.6. The number of allylic oxidation sites excluding steroid dienone is 1. The second-order valence-corrected chi connectivity index (χ2v) is 8.26. The molecule has 0 unspecified atom stereocenters. The number of nitrogens with zero attached hydrogens (tertiary/aromatic N) is 3. The Morgan fingerprint density at radius 3 is 2.43 bits per heavy atom. The zero-order valence-corrected chi connectivity index (χ0v) is 20.1. The molecule has 2 aromatic heterocycles. The molecule has 0 aliphatic heterocycles. The molecular formula is C30H23N5O2. The van der Waals surface area contributed by atoms with Crippen molar-refractivity contribution in [3.05, 3.63) is 115 Å². The third-order valence-corrected chi connectivity index (χ3v) is 5.80. The van der Waals surface area contributed by atoms with Crippen molar-refractivity contribution in [2.45, 2.75) is 6.92 Å². The van der Waals surface area contributed by atoms with Gasteiger partial charge in [-0.25, -0.2) is 15.0 Å². The molecule has 2 heterocycles. The largest absolute Gasteiger partial charge is 0.323 e. The van der Waals surface area contributed by atoms with E-state index in [0.29, 0.717) is 17.1 Å². The fourth-order valence-corrected chi connectivity index (χ4v) is 4.09. The van der Waals surface area contributed by atoms with E-state index in [1.165, 1.54) is 12.4 Å². The van der Waals surface area contributed by atoms with Crippen molar-refractivity contribution in [3.8, 4) is 22.3 Å². The predicted molar refractivity (Wildman–Crippen MR) is 146 cm³/mol. The van der Waals surface area contributed by atoms with Crippen LogP contribution in [0.25, 0.3) is 33.2 Å². The molecule has 3 aromatic carbocycles. The molecule has 5 rings (SSSR count). The SMILES string of the molecule is C/C=C/C(=O)Nc1cccc(-c2ccc(-c3ccc(C(=O)Nc4ccccn4)cc3)c3cncnc23)c1. The normalized spacial score (nSPS) is 10.9. The minimum atomic E-state index is -0.227. The van der Waals surface area contributed by atoms with Gasteiger partial charge in [0.2, 0.25) is 5.91 Å². The molecule has 0 fully saturated rings. The van der Waals surface area contributed by atoms with E-state index in [-0.39, 0.29) is 11.8 Å². The molecule has 0 spiro atoms. The molecule has 2 N–H and O–H groups in total. The molecule has 0 atom stereocenters. The first kappa shape index (κ1) is 23.6. The van der Waals surface area contributed by atoms with Crippen LogP contribution in [0.3, 0.4) is 0 Å². The number of pyridine rings is 1. The number of carbonyl (C=O) groups is 2. The average molecular weight is 486 g/mol. The van der Waals surface area contributed by atoms with E-state index in [1.807, 2.05) is 54.6 Å². The van der Waals surface area contributed by atoms with Gasteiger partial charge in [0, 0.05) is 34.6 Å². The zero-order valence-electron chi connectivity index (χ0n) is 20.1. The number of carbonyl (C=O) groups excluding carboxylic acids is 2. The predicted octanol–water partition coefficient (Wildman–Crippen LogP) is 6.13. The van der Waals surface area contributed by atoms with Gasteiger partial charge in [0.05, 0.1) is 5.52 Å². The van der Waals surface area contributed by atoms with Gasteiger partial charge in [-0.05, 0) is 66.1 Å². The fraction of sp³-hybridized carbons (Fsp3) is 0.0333. The number of aromatic nitrogens is 3. The number of nitrogens with one attached hydrogen (secondary N) is 2. The Kier molecular flexibility index (Phi) is 6.76. The third kappa shape index (κ3) is 5.26. The topological polar surface area (TPSA) is 96.9 Å². The lowest BCUT2D eigenvalue weighted by atomic mass is 9.95. The number of fused-ring (bicyclic) bond motifs is 1. The summed E-state index contributed by atoms with van der Waals surface area (Å²) in [4.78, 5) is 37.6. The number of rotatable bonds is 6. The summed E-state index contributed by atoms with van der Waals surface area (Å²) in [5.74, 6) is 0.0929. The minimum Gasteiger partial charge on any atom is -0.323 e. The maximum atomic E-state index is 12.6. The molecular weight excluding hydrogens is 462 g/mol. The van der Waals surface area contributed by atoms with Crippen molar-refractivity contribution < 1.29 is 9.59 Å². The maximum absolute atomic E-state index is 12.6. The third-order valence-electron chi connectivity index (χ3n) is 5.80. The first-order chi connectivity index (χ1) is 18.1. The highest BCUT2D eigenvalue weighted by Gasteiger charge is 2.13. The number of hydrogen-bond acceptors (Lipinski definition) is 5. The van der Waals surface area contributed by atoms with E-state index >= 15 is 0 Å².